The molecule has 208 valence electrons. The smallest absolute Gasteiger partial charge is 0.295 e. The summed E-state index contributed by atoms with van der Waals surface area (Å²) in [5.41, 5.74) is 0.998. The Morgan fingerprint density at radius 1 is 0.875 bits per heavy atom. The molecule has 0 radical (unpaired) electrons. The van der Waals surface area contributed by atoms with E-state index in [1.807, 2.05) is 48.5 Å². The first-order valence-corrected chi connectivity index (χ1v) is 13.1. The summed E-state index contributed by atoms with van der Waals surface area (Å²) in [5, 5.41) is 11.5. The number of carbonyl (C=O) groups excluding carboxylic acids is 2. The van der Waals surface area contributed by atoms with Gasteiger partial charge in [-0.2, -0.15) is 0 Å². The van der Waals surface area contributed by atoms with Crippen LogP contribution in [0, 0.1) is 0 Å². The highest BCUT2D eigenvalue weighted by Crippen LogP contribution is 2.41. The summed E-state index contributed by atoms with van der Waals surface area (Å²) in [4.78, 5) is 30.6. The number of rotatable bonds is 9. The number of carbonyl (C=O) groups is 2. The van der Waals surface area contributed by atoms with E-state index in [-0.39, 0.29) is 11.3 Å². The second kappa shape index (κ2) is 12.2. The van der Waals surface area contributed by atoms with Gasteiger partial charge in [0.25, 0.3) is 11.7 Å². The van der Waals surface area contributed by atoms with Crippen LogP contribution in [0.15, 0.2) is 78.4 Å². The van der Waals surface area contributed by atoms with Crippen molar-refractivity contribution in [1.82, 2.24) is 9.80 Å². The van der Waals surface area contributed by atoms with Crippen LogP contribution in [-0.2, 0) is 14.3 Å². The first-order valence-electron chi connectivity index (χ1n) is 13.1. The molecule has 0 saturated carbocycles. The molecule has 5 rings (SSSR count). The monoisotopic (exact) mass is 544 g/mol. The SMILES string of the molecule is COc1ccc(C(O)=C2C(=O)C(=O)N(CCN3CCOCC3)[C@H]2c2cccc(Oc3ccccc3)c2)cc1OC. The number of hydrogen-bond acceptors (Lipinski definition) is 8. The van der Waals surface area contributed by atoms with E-state index in [4.69, 9.17) is 18.9 Å². The lowest BCUT2D eigenvalue weighted by atomic mass is 9.95. The molecule has 0 aliphatic carbocycles. The number of ketones is 1. The lowest BCUT2D eigenvalue weighted by Gasteiger charge is -2.31. The van der Waals surface area contributed by atoms with Crippen molar-refractivity contribution in [2.75, 3.05) is 53.6 Å². The van der Waals surface area contributed by atoms with Crippen LogP contribution in [-0.4, -0.2) is 80.2 Å². The highest BCUT2D eigenvalue weighted by molar-refractivity contribution is 6.46. The molecular formula is C31H32N2O7. The van der Waals surface area contributed by atoms with E-state index in [0.29, 0.717) is 60.4 Å². The van der Waals surface area contributed by atoms with E-state index in [2.05, 4.69) is 4.90 Å². The minimum absolute atomic E-state index is 0.0102. The van der Waals surface area contributed by atoms with Gasteiger partial charge in [-0.3, -0.25) is 14.5 Å². The van der Waals surface area contributed by atoms with Crippen molar-refractivity contribution in [3.8, 4) is 23.0 Å². The van der Waals surface area contributed by atoms with E-state index < -0.39 is 17.7 Å². The van der Waals surface area contributed by atoms with Gasteiger partial charge in [0, 0.05) is 31.7 Å². The van der Waals surface area contributed by atoms with Crippen LogP contribution in [0.4, 0.5) is 0 Å². The predicted molar refractivity (Wildman–Crippen MR) is 149 cm³/mol. The molecule has 1 atom stereocenters. The Balaban J connectivity index is 1.55. The van der Waals surface area contributed by atoms with Gasteiger partial charge in [0.15, 0.2) is 11.5 Å². The van der Waals surface area contributed by atoms with Crippen molar-refractivity contribution in [2.45, 2.75) is 6.04 Å². The summed E-state index contributed by atoms with van der Waals surface area (Å²) in [6, 6.07) is 20.6. The molecule has 1 amide bonds. The Morgan fingerprint density at radius 2 is 1.60 bits per heavy atom. The summed E-state index contributed by atoms with van der Waals surface area (Å²) in [6.07, 6.45) is 0. The standard InChI is InChI=1S/C31H32N2O7/c1-37-25-12-11-22(20-26(25)38-2)29(34)27-28(21-7-6-10-24(19-21)40-23-8-4-3-5-9-23)33(31(36)30(27)35)14-13-32-15-17-39-18-16-32/h3-12,19-20,28,34H,13-18H2,1-2H3/t28-/m0/s1. The number of benzene rings is 3. The van der Waals surface area contributed by atoms with Gasteiger partial charge in [0.2, 0.25) is 0 Å². The zero-order valence-electron chi connectivity index (χ0n) is 22.5. The van der Waals surface area contributed by atoms with Gasteiger partial charge in [0.05, 0.1) is 39.0 Å². The molecule has 9 nitrogen and oxygen atoms in total. The summed E-state index contributed by atoms with van der Waals surface area (Å²) in [7, 11) is 3.01. The number of Topliss-reactive ketones (excluding diaryl/α,β-unsaturated/α-hetero) is 1. The molecule has 0 spiro atoms. The van der Waals surface area contributed by atoms with E-state index in [1.165, 1.54) is 19.1 Å². The van der Waals surface area contributed by atoms with Crippen LogP contribution >= 0.6 is 0 Å². The average Bonchev–Trinajstić information content (AvgIpc) is 3.25. The van der Waals surface area contributed by atoms with Crippen molar-refractivity contribution in [3.05, 3.63) is 89.5 Å². The fraction of sp³-hybridized carbons (Fsp3) is 0.290. The predicted octanol–water partition coefficient (Wildman–Crippen LogP) is 4.25. The van der Waals surface area contributed by atoms with Crippen LogP contribution in [0.1, 0.15) is 17.2 Å². The number of ether oxygens (including phenoxy) is 4. The summed E-state index contributed by atoms with van der Waals surface area (Å²) in [5.74, 6) is 0.394. The first-order chi connectivity index (χ1) is 19.5. The average molecular weight is 545 g/mol. The number of nitrogens with zero attached hydrogens (tertiary/aromatic N) is 2. The molecule has 3 aromatic rings. The van der Waals surface area contributed by atoms with Gasteiger partial charge in [-0.05, 0) is 48.0 Å². The Bertz CT molecular complexity index is 1400. The minimum Gasteiger partial charge on any atom is -0.507 e. The number of hydrogen-bond donors (Lipinski definition) is 1. The first kappa shape index (κ1) is 27.2. The van der Waals surface area contributed by atoms with Gasteiger partial charge in [-0.1, -0.05) is 30.3 Å². The summed E-state index contributed by atoms with van der Waals surface area (Å²) < 4.78 is 22.2. The van der Waals surface area contributed by atoms with Crippen molar-refractivity contribution < 1.29 is 33.6 Å². The molecule has 1 N–H and O–H groups in total. The third-order valence-electron chi connectivity index (χ3n) is 7.11. The molecule has 2 aliphatic rings. The number of aliphatic hydroxyl groups is 1. The van der Waals surface area contributed by atoms with Gasteiger partial charge >= 0.3 is 0 Å². The fourth-order valence-electron chi connectivity index (χ4n) is 5.04. The highest BCUT2D eigenvalue weighted by Gasteiger charge is 2.46. The van der Waals surface area contributed by atoms with Crippen LogP contribution < -0.4 is 14.2 Å². The Morgan fingerprint density at radius 3 is 2.33 bits per heavy atom. The van der Waals surface area contributed by atoms with E-state index >= 15 is 0 Å². The maximum atomic E-state index is 13.5. The summed E-state index contributed by atoms with van der Waals surface area (Å²) in [6.45, 7) is 3.63. The van der Waals surface area contributed by atoms with E-state index in [0.717, 1.165) is 13.1 Å². The second-order valence-corrected chi connectivity index (χ2v) is 9.50. The van der Waals surface area contributed by atoms with Gasteiger partial charge < -0.3 is 29.0 Å². The fourth-order valence-corrected chi connectivity index (χ4v) is 5.04. The number of amides is 1. The normalized spacial score (nSPS) is 19.1. The molecule has 2 heterocycles. The van der Waals surface area contributed by atoms with Gasteiger partial charge in [-0.25, -0.2) is 0 Å². The molecule has 0 bridgehead atoms. The van der Waals surface area contributed by atoms with Gasteiger partial charge in [0.1, 0.15) is 17.3 Å². The molecule has 0 unspecified atom stereocenters. The Kier molecular flexibility index (Phi) is 8.33. The van der Waals surface area contributed by atoms with Crippen LogP contribution in [0.5, 0.6) is 23.0 Å². The maximum Gasteiger partial charge on any atom is 0.295 e. The molecule has 2 aliphatic heterocycles. The van der Waals surface area contributed by atoms with Crippen molar-refractivity contribution in [3.63, 3.8) is 0 Å². The largest absolute Gasteiger partial charge is 0.507 e. The van der Waals surface area contributed by atoms with E-state index in [1.54, 1.807) is 24.3 Å². The third-order valence-corrected chi connectivity index (χ3v) is 7.11. The van der Waals surface area contributed by atoms with Gasteiger partial charge in [-0.15, -0.1) is 0 Å². The number of aliphatic hydroxyl groups excluding tert-OH is 1. The minimum atomic E-state index is -0.812. The molecule has 40 heavy (non-hydrogen) atoms. The lowest BCUT2D eigenvalue weighted by Crippen LogP contribution is -2.42. The summed E-state index contributed by atoms with van der Waals surface area (Å²) >= 11 is 0. The Labute approximate surface area is 233 Å². The third kappa shape index (κ3) is 5.66. The highest BCUT2D eigenvalue weighted by atomic mass is 16.5. The number of para-hydroxylation sites is 1. The number of methoxy groups -OCH3 is 2. The molecule has 3 aromatic carbocycles. The van der Waals surface area contributed by atoms with E-state index in [9.17, 15) is 14.7 Å². The second-order valence-electron chi connectivity index (χ2n) is 9.50. The van der Waals surface area contributed by atoms with Crippen molar-refractivity contribution in [2.24, 2.45) is 0 Å². The Hall–Kier alpha value is -4.34. The molecule has 2 fully saturated rings. The maximum absolute atomic E-state index is 13.5. The molecule has 2 saturated heterocycles. The lowest BCUT2D eigenvalue weighted by molar-refractivity contribution is -0.140. The van der Waals surface area contributed by atoms with Crippen LogP contribution in [0.25, 0.3) is 5.76 Å². The quantitative estimate of drug-likeness (QED) is 0.243. The zero-order chi connectivity index (χ0) is 28.1. The topological polar surface area (TPSA) is 97.8 Å². The van der Waals surface area contributed by atoms with Crippen LogP contribution in [0.3, 0.4) is 0 Å². The van der Waals surface area contributed by atoms with Crippen molar-refractivity contribution in [1.29, 1.82) is 0 Å². The number of morpholine rings is 1. The number of likely N-dealkylation sites (tertiary alicyclic amines) is 1. The molecular weight excluding hydrogens is 512 g/mol. The van der Waals surface area contributed by atoms with Crippen molar-refractivity contribution >= 4 is 17.4 Å². The molecule has 0 aromatic heterocycles. The molecule has 9 heteroatoms. The zero-order valence-corrected chi connectivity index (χ0v) is 22.5. The van der Waals surface area contributed by atoms with Crippen LogP contribution in [0.2, 0.25) is 0 Å².